The molecule has 3 N–H and O–H groups in total. The van der Waals surface area contributed by atoms with Crippen LogP contribution in [-0.4, -0.2) is 34.9 Å². The zero-order valence-corrected chi connectivity index (χ0v) is 8.29. The van der Waals surface area contributed by atoms with Gasteiger partial charge >= 0.3 is 5.97 Å². The highest BCUT2D eigenvalue weighted by Crippen LogP contribution is 1.97. The summed E-state index contributed by atoms with van der Waals surface area (Å²) in [6.45, 7) is 4.19. The van der Waals surface area contributed by atoms with Crippen molar-refractivity contribution >= 4 is 5.97 Å². The molecular formula is C9H19NO3. The monoisotopic (exact) mass is 189 g/mol. The molecule has 0 bridgehead atoms. The Morgan fingerprint density at radius 2 is 2.08 bits per heavy atom. The number of aliphatic carboxylic acids is 1. The van der Waals surface area contributed by atoms with Crippen LogP contribution in [0.5, 0.6) is 0 Å². The maximum Gasteiger partial charge on any atom is 0.320 e. The number of carboxylic acids is 1. The summed E-state index contributed by atoms with van der Waals surface area (Å²) in [4.78, 5) is 10.6. The van der Waals surface area contributed by atoms with Gasteiger partial charge in [0.2, 0.25) is 0 Å². The molecule has 2 unspecified atom stereocenters. The minimum atomic E-state index is -0.813. The Hall–Kier alpha value is -0.610. The van der Waals surface area contributed by atoms with Crippen LogP contribution in [0.1, 0.15) is 33.1 Å². The number of carbonyl (C=O) groups is 1. The summed E-state index contributed by atoms with van der Waals surface area (Å²) < 4.78 is 0. The summed E-state index contributed by atoms with van der Waals surface area (Å²) in [5.74, 6) is -0.813. The molecule has 4 nitrogen and oxygen atoms in total. The normalized spacial score (nSPS) is 15.3. The van der Waals surface area contributed by atoms with E-state index in [4.69, 9.17) is 10.2 Å². The molecule has 0 aliphatic heterocycles. The second kappa shape index (κ2) is 6.86. The summed E-state index contributed by atoms with van der Waals surface area (Å²) in [7, 11) is 0. The van der Waals surface area contributed by atoms with Crippen LogP contribution in [0.2, 0.25) is 0 Å². The fraction of sp³-hybridized carbons (Fsp3) is 0.889. The Labute approximate surface area is 79.0 Å². The SMILES string of the molecule is CCCC(NCCC(C)O)C(=O)O. The number of carboxylic acid groups (broad SMARTS) is 1. The van der Waals surface area contributed by atoms with Gasteiger partial charge in [0, 0.05) is 0 Å². The molecule has 0 aromatic rings. The molecule has 0 aliphatic carbocycles. The predicted molar refractivity (Wildman–Crippen MR) is 50.6 cm³/mol. The maximum absolute atomic E-state index is 10.6. The second-order valence-corrected chi connectivity index (χ2v) is 3.27. The van der Waals surface area contributed by atoms with Crippen molar-refractivity contribution in [3.63, 3.8) is 0 Å². The summed E-state index contributed by atoms with van der Waals surface area (Å²) in [5.41, 5.74) is 0. The van der Waals surface area contributed by atoms with Gasteiger partial charge in [-0.2, -0.15) is 0 Å². The fourth-order valence-electron chi connectivity index (χ4n) is 1.07. The third-order valence-corrected chi connectivity index (χ3v) is 1.83. The zero-order valence-electron chi connectivity index (χ0n) is 8.29. The number of aliphatic hydroxyl groups is 1. The van der Waals surface area contributed by atoms with Gasteiger partial charge in [-0.3, -0.25) is 4.79 Å². The van der Waals surface area contributed by atoms with Gasteiger partial charge in [-0.25, -0.2) is 0 Å². The van der Waals surface area contributed by atoms with Gasteiger partial charge in [-0.1, -0.05) is 13.3 Å². The third kappa shape index (κ3) is 6.54. The standard InChI is InChI=1S/C9H19NO3/c1-3-4-8(9(12)13)10-6-5-7(2)11/h7-8,10-11H,3-6H2,1-2H3,(H,12,13). The highest BCUT2D eigenvalue weighted by molar-refractivity contribution is 5.73. The van der Waals surface area contributed by atoms with E-state index in [9.17, 15) is 4.79 Å². The van der Waals surface area contributed by atoms with E-state index in [-0.39, 0.29) is 6.10 Å². The molecule has 0 spiro atoms. The van der Waals surface area contributed by atoms with Crippen LogP contribution >= 0.6 is 0 Å². The minimum absolute atomic E-state index is 0.372. The number of hydrogen-bond donors (Lipinski definition) is 3. The van der Waals surface area contributed by atoms with Crippen molar-refractivity contribution in [2.75, 3.05) is 6.54 Å². The number of aliphatic hydroxyl groups excluding tert-OH is 1. The molecule has 0 heterocycles. The molecule has 0 rings (SSSR count). The lowest BCUT2D eigenvalue weighted by atomic mass is 10.1. The Bertz CT molecular complexity index is 148. The minimum Gasteiger partial charge on any atom is -0.480 e. The number of hydrogen-bond acceptors (Lipinski definition) is 3. The number of rotatable bonds is 7. The van der Waals surface area contributed by atoms with E-state index in [1.54, 1.807) is 6.92 Å². The first-order chi connectivity index (χ1) is 6.07. The van der Waals surface area contributed by atoms with Gasteiger partial charge in [0.05, 0.1) is 6.10 Å². The average molecular weight is 189 g/mol. The molecule has 0 amide bonds. The molecule has 0 radical (unpaired) electrons. The predicted octanol–water partition coefficient (Wildman–Crippen LogP) is 0.600. The Morgan fingerprint density at radius 3 is 2.46 bits per heavy atom. The molecular weight excluding hydrogens is 170 g/mol. The average Bonchev–Trinajstić information content (AvgIpc) is 2.02. The Kier molecular flexibility index (Phi) is 6.54. The van der Waals surface area contributed by atoms with Crippen LogP contribution in [0.15, 0.2) is 0 Å². The van der Waals surface area contributed by atoms with Crippen molar-refractivity contribution in [2.24, 2.45) is 0 Å². The van der Waals surface area contributed by atoms with Gasteiger partial charge in [-0.15, -0.1) is 0 Å². The van der Waals surface area contributed by atoms with E-state index >= 15 is 0 Å². The van der Waals surface area contributed by atoms with E-state index in [2.05, 4.69) is 5.32 Å². The second-order valence-electron chi connectivity index (χ2n) is 3.27. The lowest BCUT2D eigenvalue weighted by molar-refractivity contribution is -0.139. The first kappa shape index (κ1) is 12.4. The molecule has 0 aromatic carbocycles. The summed E-state index contributed by atoms with van der Waals surface area (Å²) in [6, 6.07) is -0.469. The van der Waals surface area contributed by atoms with Crippen LogP contribution in [0.3, 0.4) is 0 Å². The zero-order chi connectivity index (χ0) is 10.3. The van der Waals surface area contributed by atoms with Crippen molar-refractivity contribution in [1.82, 2.24) is 5.32 Å². The van der Waals surface area contributed by atoms with Crippen molar-refractivity contribution in [3.8, 4) is 0 Å². The molecule has 0 aromatic heterocycles. The third-order valence-electron chi connectivity index (χ3n) is 1.83. The lowest BCUT2D eigenvalue weighted by Crippen LogP contribution is -2.37. The quantitative estimate of drug-likeness (QED) is 0.548. The molecule has 0 fully saturated rings. The van der Waals surface area contributed by atoms with Crippen molar-refractivity contribution < 1.29 is 15.0 Å². The molecule has 0 aliphatic rings. The Balaban J connectivity index is 3.63. The number of nitrogens with one attached hydrogen (secondary N) is 1. The fourth-order valence-corrected chi connectivity index (χ4v) is 1.07. The first-order valence-corrected chi connectivity index (χ1v) is 4.72. The van der Waals surface area contributed by atoms with Crippen molar-refractivity contribution in [1.29, 1.82) is 0 Å². The molecule has 0 saturated carbocycles. The van der Waals surface area contributed by atoms with Crippen molar-refractivity contribution in [3.05, 3.63) is 0 Å². The smallest absolute Gasteiger partial charge is 0.320 e. The van der Waals surface area contributed by atoms with E-state index in [1.807, 2.05) is 6.92 Å². The molecule has 78 valence electrons. The van der Waals surface area contributed by atoms with Crippen LogP contribution in [-0.2, 0) is 4.79 Å². The Morgan fingerprint density at radius 1 is 1.46 bits per heavy atom. The van der Waals surface area contributed by atoms with Crippen LogP contribution in [0.25, 0.3) is 0 Å². The van der Waals surface area contributed by atoms with Gasteiger partial charge in [0.25, 0.3) is 0 Å². The van der Waals surface area contributed by atoms with E-state index in [1.165, 1.54) is 0 Å². The van der Waals surface area contributed by atoms with Crippen LogP contribution < -0.4 is 5.32 Å². The largest absolute Gasteiger partial charge is 0.480 e. The molecule has 2 atom stereocenters. The van der Waals surface area contributed by atoms with Crippen molar-refractivity contribution in [2.45, 2.75) is 45.3 Å². The molecule has 0 saturated heterocycles. The van der Waals surface area contributed by atoms with Gasteiger partial charge in [-0.05, 0) is 26.3 Å². The molecule has 13 heavy (non-hydrogen) atoms. The molecule has 4 heteroatoms. The first-order valence-electron chi connectivity index (χ1n) is 4.72. The summed E-state index contributed by atoms with van der Waals surface area (Å²) >= 11 is 0. The summed E-state index contributed by atoms with van der Waals surface area (Å²) in [5, 5.41) is 20.6. The lowest BCUT2D eigenvalue weighted by Gasteiger charge is -2.13. The van der Waals surface area contributed by atoms with Gasteiger partial charge in [0.15, 0.2) is 0 Å². The van der Waals surface area contributed by atoms with E-state index < -0.39 is 12.0 Å². The van der Waals surface area contributed by atoms with E-state index in [0.29, 0.717) is 19.4 Å². The highest BCUT2D eigenvalue weighted by atomic mass is 16.4. The van der Waals surface area contributed by atoms with Crippen LogP contribution in [0.4, 0.5) is 0 Å². The van der Waals surface area contributed by atoms with Gasteiger partial charge in [0.1, 0.15) is 6.04 Å². The van der Waals surface area contributed by atoms with E-state index in [0.717, 1.165) is 6.42 Å². The topological polar surface area (TPSA) is 69.6 Å². The van der Waals surface area contributed by atoms with Crippen LogP contribution in [0, 0.1) is 0 Å². The summed E-state index contributed by atoms with van der Waals surface area (Å²) in [6.07, 6.45) is 1.70. The maximum atomic E-state index is 10.6. The highest BCUT2D eigenvalue weighted by Gasteiger charge is 2.14. The van der Waals surface area contributed by atoms with Gasteiger partial charge < -0.3 is 15.5 Å².